The van der Waals surface area contributed by atoms with Crippen LogP contribution in [0.15, 0.2) is 11.6 Å². The topological polar surface area (TPSA) is 90.2 Å². The van der Waals surface area contributed by atoms with Gasteiger partial charge in [0.05, 0.1) is 23.2 Å². The molecule has 0 aromatic heterocycles. The molecule has 1 aliphatic carbocycles. The second-order valence-corrected chi connectivity index (χ2v) is 9.07. The van der Waals surface area contributed by atoms with Crippen LogP contribution in [-0.4, -0.2) is 52.8 Å². The van der Waals surface area contributed by atoms with E-state index in [1.807, 2.05) is 13.8 Å². The molecule has 0 bridgehead atoms. The molecular formula is C20H26O7. The molecule has 5 aliphatic rings. The van der Waals surface area contributed by atoms with Gasteiger partial charge in [0, 0.05) is 12.0 Å². The van der Waals surface area contributed by atoms with Gasteiger partial charge in [-0.05, 0) is 47.5 Å². The molecule has 4 aliphatic heterocycles. The Labute approximate surface area is 158 Å². The number of allylic oxidation sites excluding steroid dienone is 1. The van der Waals surface area contributed by atoms with E-state index < -0.39 is 40.6 Å². The molecule has 27 heavy (non-hydrogen) atoms. The van der Waals surface area contributed by atoms with E-state index in [0.29, 0.717) is 12.0 Å². The van der Waals surface area contributed by atoms with Gasteiger partial charge in [0.1, 0.15) is 6.10 Å². The summed E-state index contributed by atoms with van der Waals surface area (Å²) in [5, 5.41) is 0. The average molecular weight is 378 g/mol. The van der Waals surface area contributed by atoms with Crippen molar-refractivity contribution in [1.29, 1.82) is 0 Å². The lowest BCUT2D eigenvalue weighted by Gasteiger charge is -2.26. The number of epoxide rings is 3. The van der Waals surface area contributed by atoms with Gasteiger partial charge in [-0.3, -0.25) is 4.79 Å². The Hall–Kier alpha value is -1.44. The molecule has 148 valence electrons. The van der Waals surface area contributed by atoms with Gasteiger partial charge in [0.15, 0.2) is 11.7 Å². The lowest BCUT2D eigenvalue weighted by atomic mass is 9.77. The fraction of sp³-hybridized carbons (Fsp3) is 0.800. The van der Waals surface area contributed by atoms with E-state index in [-0.39, 0.29) is 18.2 Å². The van der Waals surface area contributed by atoms with Crippen LogP contribution < -0.4 is 0 Å². The first-order valence-electron chi connectivity index (χ1n) is 9.73. The monoisotopic (exact) mass is 378 g/mol. The van der Waals surface area contributed by atoms with Gasteiger partial charge in [-0.2, -0.15) is 0 Å². The third kappa shape index (κ3) is 2.13. The molecular weight excluding hydrogens is 352 g/mol. The summed E-state index contributed by atoms with van der Waals surface area (Å²) >= 11 is 0. The number of rotatable bonds is 2. The molecule has 0 radical (unpaired) electrons. The summed E-state index contributed by atoms with van der Waals surface area (Å²) in [7, 11) is 0. The van der Waals surface area contributed by atoms with E-state index in [2.05, 4.69) is 0 Å². The third-order valence-electron chi connectivity index (χ3n) is 7.30. The first kappa shape index (κ1) is 17.6. The highest BCUT2D eigenvalue weighted by atomic mass is 16.8. The fourth-order valence-corrected chi connectivity index (χ4v) is 5.15. The Bertz CT molecular complexity index is 776. The van der Waals surface area contributed by atoms with Gasteiger partial charge in [-0.25, -0.2) is 4.79 Å². The van der Waals surface area contributed by atoms with Crippen molar-refractivity contribution in [2.45, 2.75) is 94.8 Å². The molecule has 0 aromatic rings. The van der Waals surface area contributed by atoms with Crippen LogP contribution in [-0.2, 0) is 33.3 Å². The molecule has 4 saturated heterocycles. The molecule has 0 unspecified atom stereocenters. The minimum Gasteiger partial charge on any atom is -0.453 e. The smallest absolute Gasteiger partial charge is 0.333 e. The van der Waals surface area contributed by atoms with E-state index >= 15 is 0 Å². The first-order valence-corrected chi connectivity index (χ1v) is 9.73. The summed E-state index contributed by atoms with van der Waals surface area (Å²) in [5.41, 5.74) is -1.32. The molecule has 5 fully saturated rings. The molecule has 0 N–H and O–H groups in total. The second-order valence-electron chi connectivity index (χ2n) is 9.07. The Morgan fingerprint density at radius 1 is 1.26 bits per heavy atom. The van der Waals surface area contributed by atoms with Gasteiger partial charge < -0.3 is 23.7 Å². The van der Waals surface area contributed by atoms with Crippen LogP contribution in [0.2, 0.25) is 0 Å². The molecule has 0 amide bonds. The lowest BCUT2D eigenvalue weighted by Crippen LogP contribution is -2.48. The minimum absolute atomic E-state index is 0.106. The van der Waals surface area contributed by atoms with Crippen LogP contribution in [0, 0.1) is 5.92 Å². The SMILES string of the molecule is C/C=C(\C)C(=O)O[C@H]1[C@@H]2O[C@]2(C)CC[C@H]2O[C@@]2(C)C[C@@]23OC(=O)[C@@H](C)[C@@]12O3. The highest BCUT2D eigenvalue weighted by Gasteiger charge is 2.90. The molecule has 5 rings (SSSR count). The molecule has 7 heteroatoms. The molecule has 1 saturated carbocycles. The minimum atomic E-state index is -1.11. The zero-order valence-corrected chi connectivity index (χ0v) is 16.4. The number of carbonyl (C=O) groups is 2. The maximum atomic E-state index is 12.6. The lowest BCUT2D eigenvalue weighted by molar-refractivity contribution is -0.165. The highest BCUT2D eigenvalue weighted by Crippen LogP contribution is 2.70. The summed E-state index contributed by atoms with van der Waals surface area (Å²) in [6.45, 7) is 9.31. The average Bonchev–Trinajstić information content (AvgIpc) is 3.53. The number of ether oxygens (including phenoxy) is 5. The number of hydrogen-bond donors (Lipinski definition) is 0. The van der Waals surface area contributed by atoms with Crippen molar-refractivity contribution in [3.05, 3.63) is 11.6 Å². The molecule has 0 aromatic carbocycles. The summed E-state index contributed by atoms with van der Waals surface area (Å²) in [6, 6.07) is 0. The third-order valence-corrected chi connectivity index (χ3v) is 7.30. The van der Waals surface area contributed by atoms with E-state index in [0.717, 1.165) is 12.8 Å². The summed E-state index contributed by atoms with van der Waals surface area (Å²) in [4.78, 5) is 25.1. The van der Waals surface area contributed by atoms with Crippen molar-refractivity contribution in [2.75, 3.05) is 0 Å². The van der Waals surface area contributed by atoms with Crippen LogP contribution in [0.4, 0.5) is 0 Å². The number of fused-ring (bicyclic) bond motifs is 2. The number of hydrogen-bond acceptors (Lipinski definition) is 7. The maximum Gasteiger partial charge on any atom is 0.333 e. The van der Waals surface area contributed by atoms with Gasteiger partial charge >= 0.3 is 11.9 Å². The van der Waals surface area contributed by atoms with Crippen molar-refractivity contribution >= 4 is 11.9 Å². The van der Waals surface area contributed by atoms with Crippen LogP contribution in [0.5, 0.6) is 0 Å². The van der Waals surface area contributed by atoms with Crippen molar-refractivity contribution in [3.8, 4) is 0 Å². The van der Waals surface area contributed by atoms with Crippen molar-refractivity contribution in [1.82, 2.24) is 0 Å². The van der Waals surface area contributed by atoms with Crippen LogP contribution in [0.25, 0.3) is 0 Å². The van der Waals surface area contributed by atoms with Crippen molar-refractivity contribution < 1.29 is 33.3 Å². The van der Waals surface area contributed by atoms with Gasteiger partial charge in [-0.1, -0.05) is 6.08 Å². The van der Waals surface area contributed by atoms with E-state index in [1.165, 1.54) is 0 Å². The van der Waals surface area contributed by atoms with Crippen LogP contribution >= 0.6 is 0 Å². The normalized spacial score (nSPS) is 55.3. The van der Waals surface area contributed by atoms with Crippen LogP contribution in [0.3, 0.4) is 0 Å². The van der Waals surface area contributed by atoms with Gasteiger partial charge in [0.25, 0.3) is 5.79 Å². The Kier molecular flexibility index (Phi) is 3.22. The van der Waals surface area contributed by atoms with E-state index in [1.54, 1.807) is 26.8 Å². The zero-order chi connectivity index (χ0) is 19.4. The number of esters is 2. The quantitative estimate of drug-likeness (QED) is 0.412. The summed E-state index contributed by atoms with van der Waals surface area (Å²) < 4.78 is 29.8. The molecule has 8 atom stereocenters. The number of carbonyl (C=O) groups excluding carboxylic acids is 2. The Balaban J connectivity index is 1.56. The molecule has 7 nitrogen and oxygen atoms in total. The second kappa shape index (κ2) is 4.93. The standard InChI is InChI=1S/C20H26O7/c1-6-10(2)15(21)23-14-13-17(4,25-13)8-7-12-18(5,24-12)9-19-20(14,27-19)11(3)16(22)26-19/h6,11-14H,7-9H2,1-5H3/b10-6+/t11-,12-,13+,14+,17-,18+,19+,20-/m1/s1. The molecule has 4 heterocycles. The largest absolute Gasteiger partial charge is 0.453 e. The summed E-state index contributed by atoms with van der Waals surface area (Å²) in [6.07, 6.45) is 2.89. The highest BCUT2D eigenvalue weighted by molar-refractivity contribution is 5.88. The van der Waals surface area contributed by atoms with E-state index in [9.17, 15) is 9.59 Å². The van der Waals surface area contributed by atoms with E-state index in [4.69, 9.17) is 23.7 Å². The molecule has 0 spiro atoms. The zero-order valence-electron chi connectivity index (χ0n) is 16.4. The van der Waals surface area contributed by atoms with Crippen molar-refractivity contribution in [3.63, 3.8) is 0 Å². The van der Waals surface area contributed by atoms with Crippen LogP contribution in [0.1, 0.15) is 53.9 Å². The maximum absolute atomic E-state index is 12.6. The summed E-state index contributed by atoms with van der Waals surface area (Å²) in [5.74, 6) is -2.40. The first-order chi connectivity index (χ1) is 12.6. The predicted octanol–water partition coefficient (Wildman–Crippen LogP) is 2.02. The Morgan fingerprint density at radius 3 is 2.70 bits per heavy atom. The fourth-order valence-electron chi connectivity index (χ4n) is 5.15. The predicted molar refractivity (Wildman–Crippen MR) is 91.5 cm³/mol. The van der Waals surface area contributed by atoms with Gasteiger partial charge in [-0.15, -0.1) is 0 Å². The van der Waals surface area contributed by atoms with Crippen molar-refractivity contribution in [2.24, 2.45) is 5.92 Å². The van der Waals surface area contributed by atoms with Gasteiger partial charge in [0.2, 0.25) is 0 Å². The Morgan fingerprint density at radius 2 is 2.00 bits per heavy atom.